The molecule has 0 fully saturated rings. The average Bonchev–Trinajstić information content (AvgIpc) is 2.98. The maximum Gasteiger partial charge on any atom is 0.187 e. The number of hydrogen-bond acceptors (Lipinski definition) is 1. The zero-order valence-electron chi connectivity index (χ0n) is 16.4. The van der Waals surface area contributed by atoms with Gasteiger partial charge in [-0.05, 0) is 50.5 Å². The Morgan fingerprint density at radius 2 is 1.40 bits per heavy atom. The van der Waals surface area contributed by atoms with Gasteiger partial charge in [0.2, 0.25) is 0 Å². The maximum absolute atomic E-state index is 2.54. The lowest BCUT2D eigenvalue weighted by atomic mass is 9.96. The molecular formula is C23H35N2+. The van der Waals surface area contributed by atoms with E-state index in [9.17, 15) is 0 Å². The van der Waals surface area contributed by atoms with Crippen molar-refractivity contribution in [2.75, 3.05) is 14.1 Å². The van der Waals surface area contributed by atoms with Crippen molar-refractivity contribution in [1.29, 1.82) is 0 Å². The fourth-order valence-electron chi connectivity index (χ4n) is 5.31. The first kappa shape index (κ1) is 17.1. The van der Waals surface area contributed by atoms with Gasteiger partial charge in [0, 0.05) is 42.9 Å². The Balaban J connectivity index is 1.54. The SMILES string of the molecule is CN1C(=CC2=[N+](C)C3=C(CCCCCC3)C2)CC2=C1CCCCCC2. The molecule has 0 aromatic carbocycles. The Hall–Kier alpha value is -1.31. The van der Waals surface area contributed by atoms with E-state index in [-0.39, 0.29) is 0 Å². The minimum absolute atomic E-state index is 1.20. The highest BCUT2D eigenvalue weighted by molar-refractivity contribution is 5.94. The molecule has 0 N–H and O–H groups in total. The van der Waals surface area contributed by atoms with E-state index in [0.717, 1.165) is 0 Å². The third-order valence-corrected chi connectivity index (χ3v) is 6.89. The van der Waals surface area contributed by atoms with Crippen molar-refractivity contribution < 1.29 is 4.58 Å². The summed E-state index contributed by atoms with van der Waals surface area (Å²) in [4.78, 5) is 2.54. The molecule has 0 bridgehead atoms. The van der Waals surface area contributed by atoms with Crippen LogP contribution < -0.4 is 0 Å². The van der Waals surface area contributed by atoms with E-state index in [1.54, 1.807) is 33.9 Å². The summed E-state index contributed by atoms with van der Waals surface area (Å²) in [7, 11) is 4.63. The molecular weight excluding hydrogens is 304 g/mol. The Morgan fingerprint density at radius 1 is 0.760 bits per heavy atom. The molecule has 25 heavy (non-hydrogen) atoms. The Kier molecular flexibility index (Phi) is 5.15. The van der Waals surface area contributed by atoms with Crippen LogP contribution in [-0.2, 0) is 0 Å². The Bertz CT molecular complexity index is 660. The second-order valence-electron chi connectivity index (χ2n) is 8.53. The van der Waals surface area contributed by atoms with Crippen LogP contribution in [0, 0.1) is 0 Å². The van der Waals surface area contributed by atoms with Crippen molar-refractivity contribution in [3.05, 3.63) is 34.3 Å². The van der Waals surface area contributed by atoms with E-state index in [0.29, 0.717) is 0 Å². The highest BCUT2D eigenvalue weighted by Crippen LogP contribution is 2.38. The monoisotopic (exact) mass is 339 g/mol. The number of rotatable bonds is 1. The molecule has 0 radical (unpaired) electrons. The van der Waals surface area contributed by atoms with E-state index in [1.807, 2.05) is 0 Å². The van der Waals surface area contributed by atoms with Crippen LogP contribution in [0.1, 0.15) is 89.9 Å². The minimum Gasteiger partial charge on any atom is -0.351 e. The summed E-state index contributed by atoms with van der Waals surface area (Å²) in [5, 5.41) is 0. The fourth-order valence-corrected chi connectivity index (χ4v) is 5.31. The largest absolute Gasteiger partial charge is 0.351 e. The number of allylic oxidation sites excluding steroid dienone is 5. The molecule has 0 aromatic rings. The van der Waals surface area contributed by atoms with Gasteiger partial charge in [-0.2, -0.15) is 0 Å². The van der Waals surface area contributed by atoms with Crippen LogP contribution in [-0.4, -0.2) is 29.3 Å². The summed E-state index contributed by atoms with van der Waals surface area (Å²) in [5.74, 6) is 0. The molecule has 136 valence electrons. The van der Waals surface area contributed by atoms with Gasteiger partial charge in [-0.3, -0.25) is 0 Å². The summed E-state index contributed by atoms with van der Waals surface area (Å²) in [5.41, 5.74) is 9.87. The summed E-state index contributed by atoms with van der Waals surface area (Å²) >= 11 is 0. The lowest BCUT2D eigenvalue weighted by Gasteiger charge is -2.20. The molecule has 0 amide bonds. The molecule has 2 nitrogen and oxygen atoms in total. The molecule has 2 aliphatic heterocycles. The second-order valence-corrected chi connectivity index (χ2v) is 8.53. The summed E-state index contributed by atoms with van der Waals surface area (Å²) in [6, 6.07) is 0. The lowest BCUT2D eigenvalue weighted by molar-refractivity contribution is -0.443. The Labute approximate surface area is 154 Å². The quantitative estimate of drug-likeness (QED) is 0.538. The van der Waals surface area contributed by atoms with E-state index in [1.165, 1.54) is 89.9 Å². The van der Waals surface area contributed by atoms with Gasteiger partial charge in [0.15, 0.2) is 11.4 Å². The Morgan fingerprint density at radius 3 is 2.16 bits per heavy atom. The van der Waals surface area contributed by atoms with Gasteiger partial charge in [0.25, 0.3) is 0 Å². The highest BCUT2D eigenvalue weighted by atomic mass is 15.1. The van der Waals surface area contributed by atoms with Crippen molar-refractivity contribution in [2.24, 2.45) is 0 Å². The van der Waals surface area contributed by atoms with Gasteiger partial charge in [-0.25, -0.2) is 4.58 Å². The molecule has 2 heterocycles. The van der Waals surface area contributed by atoms with Gasteiger partial charge in [0.05, 0.1) is 6.42 Å². The van der Waals surface area contributed by atoms with Crippen molar-refractivity contribution >= 4 is 5.71 Å². The van der Waals surface area contributed by atoms with Gasteiger partial charge in [0.1, 0.15) is 7.05 Å². The van der Waals surface area contributed by atoms with Crippen LogP contribution in [0.2, 0.25) is 0 Å². The number of nitrogens with zero attached hydrogens (tertiary/aromatic N) is 2. The van der Waals surface area contributed by atoms with Crippen LogP contribution in [0.15, 0.2) is 34.3 Å². The molecule has 0 unspecified atom stereocenters. The predicted octanol–water partition coefficient (Wildman–Crippen LogP) is 5.91. The molecule has 4 aliphatic rings. The summed E-state index contributed by atoms with van der Waals surface area (Å²) in [6.45, 7) is 0. The minimum atomic E-state index is 1.20. The molecule has 0 saturated carbocycles. The highest BCUT2D eigenvalue weighted by Gasteiger charge is 2.31. The van der Waals surface area contributed by atoms with E-state index >= 15 is 0 Å². The van der Waals surface area contributed by atoms with E-state index in [2.05, 4.69) is 29.6 Å². The molecule has 0 atom stereocenters. The third-order valence-electron chi connectivity index (χ3n) is 6.89. The van der Waals surface area contributed by atoms with Crippen LogP contribution >= 0.6 is 0 Å². The first-order valence-electron chi connectivity index (χ1n) is 10.7. The van der Waals surface area contributed by atoms with Crippen LogP contribution in [0.5, 0.6) is 0 Å². The molecule has 2 aliphatic carbocycles. The second kappa shape index (κ2) is 7.51. The standard InChI is InChI=1S/C23H35N2/c1-24-20(15-18-11-7-3-5-9-13-22(18)24)17-21-16-19-12-8-4-6-10-14-23(19)25(21)2/h17H,3-16H2,1-2H3/q+1. The van der Waals surface area contributed by atoms with Gasteiger partial charge in [-0.1, -0.05) is 25.7 Å². The zero-order valence-corrected chi connectivity index (χ0v) is 16.4. The molecule has 0 saturated heterocycles. The zero-order chi connectivity index (χ0) is 17.2. The van der Waals surface area contributed by atoms with Gasteiger partial charge >= 0.3 is 0 Å². The first-order chi connectivity index (χ1) is 12.2. The molecule has 0 aromatic heterocycles. The van der Waals surface area contributed by atoms with Crippen molar-refractivity contribution in [2.45, 2.75) is 89.9 Å². The molecule has 2 heteroatoms. The van der Waals surface area contributed by atoms with Crippen molar-refractivity contribution in [3.8, 4) is 0 Å². The van der Waals surface area contributed by atoms with E-state index < -0.39 is 0 Å². The molecule has 4 rings (SSSR count). The molecule has 0 spiro atoms. The smallest absolute Gasteiger partial charge is 0.187 e. The summed E-state index contributed by atoms with van der Waals surface area (Å²) in [6.07, 6.45) is 21.4. The third kappa shape index (κ3) is 3.50. The normalized spacial score (nSPS) is 27.3. The van der Waals surface area contributed by atoms with Crippen LogP contribution in [0.3, 0.4) is 0 Å². The topological polar surface area (TPSA) is 6.25 Å². The fraction of sp³-hybridized carbons (Fsp3) is 0.696. The van der Waals surface area contributed by atoms with Crippen molar-refractivity contribution in [1.82, 2.24) is 4.90 Å². The lowest BCUT2D eigenvalue weighted by Crippen LogP contribution is -2.15. The van der Waals surface area contributed by atoms with Gasteiger partial charge < -0.3 is 4.90 Å². The van der Waals surface area contributed by atoms with Crippen molar-refractivity contribution in [3.63, 3.8) is 0 Å². The predicted molar refractivity (Wildman–Crippen MR) is 106 cm³/mol. The van der Waals surface area contributed by atoms with Crippen LogP contribution in [0.25, 0.3) is 0 Å². The number of hydrogen-bond donors (Lipinski definition) is 0. The van der Waals surface area contributed by atoms with Crippen LogP contribution in [0.4, 0.5) is 0 Å². The maximum atomic E-state index is 2.54. The van der Waals surface area contributed by atoms with E-state index in [4.69, 9.17) is 0 Å². The first-order valence-corrected chi connectivity index (χ1v) is 10.7. The van der Waals surface area contributed by atoms with Gasteiger partial charge in [-0.15, -0.1) is 0 Å². The summed E-state index contributed by atoms with van der Waals surface area (Å²) < 4.78 is 2.54. The average molecular weight is 340 g/mol.